The molecular weight excluding hydrogens is 283 g/mol. The summed E-state index contributed by atoms with van der Waals surface area (Å²) in [4.78, 5) is 4.84. The smallest absolute Gasteiger partial charge is 0.418 e. The van der Waals surface area contributed by atoms with E-state index in [1.54, 1.807) is 0 Å². The number of unbranched alkanes of at least 4 members (excludes halogenated alkanes) is 5. The van der Waals surface area contributed by atoms with Crippen LogP contribution in [0.1, 0.15) is 58.8 Å². The zero-order valence-corrected chi connectivity index (χ0v) is 13.2. The molecule has 1 aliphatic heterocycles. The Hall–Kier alpha value is -0.875. The number of halogens is 4. The minimum atomic E-state index is -6.00. The van der Waals surface area contributed by atoms with Crippen LogP contribution >= 0.6 is 0 Å². The van der Waals surface area contributed by atoms with Crippen molar-refractivity contribution in [3.63, 3.8) is 0 Å². The molecule has 2 nitrogen and oxygen atoms in total. The number of hydrogen-bond donors (Lipinski definition) is 0. The highest BCUT2D eigenvalue weighted by Crippen LogP contribution is 2.10. The highest BCUT2D eigenvalue weighted by molar-refractivity contribution is 6.50. The van der Waals surface area contributed by atoms with Crippen molar-refractivity contribution in [2.45, 2.75) is 58.8 Å². The molecule has 0 fully saturated rings. The zero-order valence-electron chi connectivity index (χ0n) is 13.2. The Morgan fingerprint density at radius 2 is 1.24 bits per heavy atom. The average molecular weight is 311 g/mol. The first kappa shape index (κ1) is 20.1. The fourth-order valence-electron chi connectivity index (χ4n) is 2.19. The maximum absolute atomic E-state index is 9.75. The van der Waals surface area contributed by atoms with E-state index >= 15 is 0 Å². The number of nitrogens with zero attached hydrogens (tertiary/aromatic N) is 2. The SMILES string of the molecule is CCCCCCCCN1C=CN(CCC)C1.F[B-](F)(F)F. The second-order valence-electron chi connectivity index (χ2n) is 5.33. The van der Waals surface area contributed by atoms with Gasteiger partial charge in [0.05, 0.1) is 6.67 Å². The van der Waals surface area contributed by atoms with E-state index in [-0.39, 0.29) is 0 Å². The van der Waals surface area contributed by atoms with Gasteiger partial charge in [-0.3, -0.25) is 0 Å². The summed E-state index contributed by atoms with van der Waals surface area (Å²) >= 11 is 0. The first-order valence-corrected chi connectivity index (χ1v) is 7.90. The Morgan fingerprint density at radius 3 is 1.76 bits per heavy atom. The van der Waals surface area contributed by atoms with Gasteiger partial charge in [-0.1, -0.05) is 46.0 Å². The topological polar surface area (TPSA) is 6.48 Å². The third kappa shape index (κ3) is 15.3. The van der Waals surface area contributed by atoms with E-state index in [1.165, 1.54) is 58.0 Å². The van der Waals surface area contributed by atoms with Gasteiger partial charge < -0.3 is 27.1 Å². The lowest BCUT2D eigenvalue weighted by atomic mass is 10.1. The summed E-state index contributed by atoms with van der Waals surface area (Å²) in [5.74, 6) is 0. The third-order valence-electron chi connectivity index (χ3n) is 3.16. The van der Waals surface area contributed by atoms with Gasteiger partial charge in [-0.15, -0.1) is 0 Å². The lowest BCUT2D eigenvalue weighted by Gasteiger charge is -2.20. The molecule has 1 heterocycles. The van der Waals surface area contributed by atoms with Gasteiger partial charge >= 0.3 is 7.25 Å². The fourth-order valence-corrected chi connectivity index (χ4v) is 2.19. The van der Waals surface area contributed by atoms with Crippen molar-refractivity contribution in [3.8, 4) is 0 Å². The molecule has 0 amide bonds. The van der Waals surface area contributed by atoms with Crippen LogP contribution in [0.15, 0.2) is 12.4 Å². The van der Waals surface area contributed by atoms with E-state index in [2.05, 4.69) is 36.0 Å². The van der Waals surface area contributed by atoms with Crippen LogP contribution in [0.4, 0.5) is 17.3 Å². The molecule has 1 rings (SSSR count). The molecule has 0 aromatic heterocycles. The summed E-state index contributed by atoms with van der Waals surface area (Å²) in [6.45, 7) is 8.07. The van der Waals surface area contributed by atoms with E-state index in [0.29, 0.717) is 0 Å². The van der Waals surface area contributed by atoms with Crippen LogP contribution in [0, 0.1) is 0 Å². The molecule has 0 saturated carbocycles. The molecule has 7 heteroatoms. The van der Waals surface area contributed by atoms with E-state index in [4.69, 9.17) is 0 Å². The largest absolute Gasteiger partial charge is 0.673 e. The van der Waals surface area contributed by atoms with E-state index in [1.807, 2.05) is 0 Å². The highest BCUT2D eigenvalue weighted by atomic mass is 19.5. The molecule has 0 spiro atoms. The average Bonchev–Trinajstić information content (AvgIpc) is 2.80. The molecule has 0 saturated heterocycles. The van der Waals surface area contributed by atoms with Crippen molar-refractivity contribution in [2.75, 3.05) is 19.8 Å². The summed E-state index contributed by atoms with van der Waals surface area (Å²) in [5.41, 5.74) is 0. The van der Waals surface area contributed by atoms with Crippen molar-refractivity contribution >= 4 is 7.25 Å². The van der Waals surface area contributed by atoms with Gasteiger partial charge in [0.15, 0.2) is 0 Å². The first-order chi connectivity index (χ1) is 9.86. The Labute approximate surface area is 126 Å². The van der Waals surface area contributed by atoms with Gasteiger partial charge in [0, 0.05) is 25.5 Å². The van der Waals surface area contributed by atoms with Crippen LogP contribution in [0.5, 0.6) is 0 Å². The van der Waals surface area contributed by atoms with Gasteiger partial charge in [-0.2, -0.15) is 0 Å². The van der Waals surface area contributed by atoms with Crippen LogP contribution in [0.2, 0.25) is 0 Å². The van der Waals surface area contributed by atoms with Crippen molar-refractivity contribution in [1.29, 1.82) is 0 Å². The molecule has 21 heavy (non-hydrogen) atoms. The first-order valence-electron chi connectivity index (χ1n) is 7.90. The predicted octanol–water partition coefficient (Wildman–Crippen LogP) is 5.10. The molecule has 0 bridgehead atoms. The second kappa shape index (κ2) is 11.7. The zero-order chi connectivity index (χ0) is 16.1. The number of rotatable bonds is 9. The monoisotopic (exact) mass is 311 g/mol. The van der Waals surface area contributed by atoms with Gasteiger partial charge in [0.1, 0.15) is 0 Å². The standard InChI is InChI=1S/C14H28N2.BF4/c1-3-5-6-7-8-9-11-16-13-12-15(14-16)10-4-2;2-1(3,4)5/h12-13H,3-11,14H2,1-2H3;/q;-1. The Bertz CT molecular complexity index is 266. The molecule has 0 aliphatic carbocycles. The van der Waals surface area contributed by atoms with Gasteiger partial charge in [0.25, 0.3) is 0 Å². The van der Waals surface area contributed by atoms with Crippen LogP contribution < -0.4 is 0 Å². The fraction of sp³-hybridized carbons (Fsp3) is 0.857. The maximum atomic E-state index is 9.75. The van der Waals surface area contributed by atoms with Crippen molar-refractivity contribution in [2.24, 2.45) is 0 Å². The quantitative estimate of drug-likeness (QED) is 0.332. The highest BCUT2D eigenvalue weighted by Gasteiger charge is 2.20. The summed E-state index contributed by atoms with van der Waals surface area (Å²) in [5, 5.41) is 0. The van der Waals surface area contributed by atoms with Gasteiger partial charge in [-0.05, 0) is 12.8 Å². The summed E-state index contributed by atoms with van der Waals surface area (Å²) in [7, 11) is -6.00. The second-order valence-corrected chi connectivity index (χ2v) is 5.33. The van der Waals surface area contributed by atoms with Crippen molar-refractivity contribution in [3.05, 3.63) is 12.4 Å². The van der Waals surface area contributed by atoms with Crippen molar-refractivity contribution in [1.82, 2.24) is 9.80 Å². The molecule has 0 radical (unpaired) electrons. The molecule has 126 valence electrons. The molecule has 1 aliphatic rings. The Morgan fingerprint density at radius 1 is 0.762 bits per heavy atom. The van der Waals surface area contributed by atoms with Gasteiger partial charge in [-0.25, -0.2) is 0 Å². The summed E-state index contributed by atoms with van der Waals surface area (Å²) < 4.78 is 39.0. The van der Waals surface area contributed by atoms with Crippen molar-refractivity contribution < 1.29 is 17.3 Å². The maximum Gasteiger partial charge on any atom is 0.673 e. The molecule has 0 N–H and O–H groups in total. The molecular formula is C14H28BF4N2-. The minimum absolute atomic E-state index is 1.11. The van der Waals surface area contributed by atoms with Crippen LogP contribution in [0.25, 0.3) is 0 Å². The van der Waals surface area contributed by atoms with Gasteiger partial charge in [0.2, 0.25) is 0 Å². The predicted molar refractivity (Wildman–Crippen MR) is 81.3 cm³/mol. The van der Waals surface area contributed by atoms with E-state index in [0.717, 1.165) is 6.67 Å². The van der Waals surface area contributed by atoms with Crippen LogP contribution in [-0.4, -0.2) is 36.8 Å². The number of hydrogen-bond acceptors (Lipinski definition) is 2. The lowest BCUT2D eigenvalue weighted by Crippen LogP contribution is -2.26. The molecule has 0 atom stereocenters. The van der Waals surface area contributed by atoms with E-state index in [9.17, 15) is 17.3 Å². The minimum Gasteiger partial charge on any atom is -0.418 e. The molecule has 0 aromatic carbocycles. The Balaban J connectivity index is 0.000000690. The Kier molecular flexibility index (Phi) is 11.3. The molecule has 0 aromatic rings. The lowest BCUT2D eigenvalue weighted by molar-refractivity contribution is 0.261. The third-order valence-corrected chi connectivity index (χ3v) is 3.16. The summed E-state index contributed by atoms with van der Waals surface area (Å²) in [6.07, 6.45) is 14.1. The summed E-state index contributed by atoms with van der Waals surface area (Å²) in [6, 6.07) is 0. The normalized spacial score (nSPS) is 14.4. The van der Waals surface area contributed by atoms with Crippen LogP contribution in [0.3, 0.4) is 0 Å². The van der Waals surface area contributed by atoms with E-state index < -0.39 is 7.25 Å². The van der Waals surface area contributed by atoms with Crippen LogP contribution in [-0.2, 0) is 0 Å². The molecule has 0 unspecified atom stereocenters.